The first-order chi connectivity index (χ1) is 9.10. The smallest absolute Gasteiger partial charge is 0.306 e. The summed E-state index contributed by atoms with van der Waals surface area (Å²) in [4.78, 5) is 14.7. The Hall–Kier alpha value is -1.36. The van der Waals surface area contributed by atoms with Gasteiger partial charge in [0.2, 0.25) is 0 Å². The minimum absolute atomic E-state index is 0.207. The molecule has 0 amide bonds. The SMILES string of the molecule is CCC(=O)O[C@@H]1CCc2c1[nH]c1c(Br)cc(F)cc21. The van der Waals surface area contributed by atoms with E-state index in [1.807, 2.05) is 0 Å². The lowest BCUT2D eigenvalue weighted by molar-refractivity contribution is -0.149. The third-order valence-corrected chi connectivity index (χ3v) is 4.13. The lowest BCUT2D eigenvalue weighted by Gasteiger charge is -2.11. The fraction of sp³-hybridized carbons (Fsp3) is 0.357. The number of halogens is 2. The van der Waals surface area contributed by atoms with E-state index in [0.29, 0.717) is 10.9 Å². The molecule has 0 saturated carbocycles. The molecule has 1 atom stereocenters. The number of aryl methyl sites for hydroxylation is 1. The molecule has 19 heavy (non-hydrogen) atoms. The molecule has 1 aromatic heterocycles. The van der Waals surface area contributed by atoms with E-state index in [0.717, 1.165) is 35.0 Å². The van der Waals surface area contributed by atoms with Crippen molar-refractivity contribution in [3.63, 3.8) is 0 Å². The topological polar surface area (TPSA) is 42.1 Å². The molecule has 2 aromatic rings. The molecule has 0 saturated heterocycles. The van der Waals surface area contributed by atoms with Gasteiger partial charge in [-0.15, -0.1) is 0 Å². The first-order valence-electron chi connectivity index (χ1n) is 6.29. The van der Waals surface area contributed by atoms with Gasteiger partial charge in [0.15, 0.2) is 0 Å². The van der Waals surface area contributed by atoms with Crippen LogP contribution in [0.3, 0.4) is 0 Å². The van der Waals surface area contributed by atoms with Gasteiger partial charge >= 0.3 is 5.97 Å². The maximum Gasteiger partial charge on any atom is 0.306 e. The van der Waals surface area contributed by atoms with E-state index < -0.39 is 0 Å². The van der Waals surface area contributed by atoms with Crippen LogP contribution in [0.4, 0.5) is 4.39 Å². The molecule has 5 heteroatoms. The van der Waals surface area contributed by atoms with E-state index in [-0.39, 0.29) is 17.9 Å². The van der Waals surface area contributed by atoms with Crippen LogP contribution in [0.1, 0.15) is 37.1 Å². The minimum atomic E-state index is -0.268. The molecule has 0 radical (unpaired) electrons. The van der Waals surface area contributed by atoms with Crippen LogP contribution >= 0.6 is 15.9 Å². The van der Waals surface area contributed by atoms with Crippen molar-refractivity contribution in [1.82, 2.24) is 4.98 Å². The number of rotatable bonds is 2. The number of H-pyrrole nitrogens is 1. The van der Waals surface area contributed by atoms with Crippen LogP contribution in [0.25, 0.3) is 10.9 Å². The fourth-order valence-corrected chi connectivity index (χ4v) is 3.15. The second-order valence-electron chi connectivity index (χ2n) is 4.70. The van der Waals surface area contributed by atoms with Gasteiger partial charge in [0.05, 0.1) is 11.2 Å². The summed E-state index contributed by atoms with van der Waals surface area (Å²) in [5.74, 6) is -0.475. The van der Waals surface area contributed by atoms with Gasteiger partial charge in [-0.3, -0.25) is 4.79 Å². The number of carbonyl (C=O) groups excluding carboxylic acids is 1. The number of carbonyl (C=O) groups is 1. The summed E-state index contributed by atoms with van der Waals surface area (Å²) in [6, 6.07) is 2.96. The van der Waals surface area contributed by atoms with E-state index in [4.69, 9.17) is 4.74 Å². The van der Waals surface area contributed by atoms with Crippen molar-refractivity contribution in [2.45, 2.75) is 32.3 Å². The Morgan fingerprint density at radius 1 is 1.58 bits per heavy atom. The first-order valence-corrected chi connectivity index (χ1v) is 7.08. The van der Waals surface area contributed by atoms with E-state index in [2.05, 4.69) is 20.9 Å². The van der Waals surface area contributed by atoms with Gasteiger partial charge < -0.3 is 9.72 Å². The predicted octanol–water partition coefficient (Wildman–Crippen LogP) is 4.01. The number of ether oxygens (including phenoxy) is 1. The van der Waals surface area contributed by atoms with Crippen LogP contribution < -0.4 is 0 Å². The molecule has 1 N–H and O–H groups in total. The fourth-order valence-electron chi connectivity index (χ4n) is 2.62. The van der Waals surface area contributed by atoms with E-state index in [9.17, 15) is 9.18 Å². The first kappa shape index (κ1) is 12.7. The monoisotopic (exact) mass is 325 g/mol. The molecule has 1 heterocycles. The number of fused-ring (bicyclic) bond motifs is 3. The van der Waals surface area contributed by atoms with Crippen molar-refractivity contribution >= 4 is 32.8 Å². The average molecular weight is 326 g/mol. The molecule has 0 spiro atoms. The predicted molar refractivity (Wildman–Crippen MR) is 73.4 cm³/mol. The number of esters is 1. The van der Waals surface area contributed by atoms with Crippen molar-refractivity contribution in [1.29, 1.82) is 0 Å². The molecular formula is C14H13BrFNO2. The molecule has 1 aliphatic rings. The second-order valence-corrected chi connectivity index (χ2v) is 5.55. The molecule has 0 fully saturated rings. The zero-order chi connectivity index (χ0) is 13.6. The van der Waals surface area contributed by atoms with Crippen molar-refractivity contribution in [3.8, 4) is 0 Å². The van der Waals surface area contributed by atoms with Crippen LogP contribution in [-0.4, -0.2) is 11.0 Å². The highest BCUT2D eigenvalue weighted by Gasteiger charge is 2.29. The molecule has 100 valence electrons. The average Bonchev–Trinajstić information content (AvgIpc) is 2.90. The normalized spacial score (nSPS) is 17.7. The van der Waals surface area contributed by atoms with Gasteiger partial charge in [0.25, 0.3) is 0 Å². The quantitative estimate of drug-likeness (QED) is 0.847. The largest absolute Gasteiger partial charge is 0.456 e. The highest BCUT2D eigenvalue weighted by molar-refractivity contribution is 9.10. The Morgan fingerprint density at radius 2 is 2.37 bits per heavy atom. The van der Waals surface area contributed by atoms with Crippen molar-refractivity contribution in [2.75, 3.05) is 0 Å². The van der Waals surface area contributed by atoms with Gasteiger partial charge in [-0.05, 0) is 46.5 Å². The Balaban J connectivity index is 2.07. The number of aromatic nitrogens is 1. The van der Waals surface area contributed by atoms with Crippen LogP contribution in [-0.2, 0) is 16.0 Å². The maximum absolute atomic E-state index is 13.5. The number of benzene rings is 1. The highest BCUT2D eigenvalue weighted by atomic mass is 79.9. The van der Waals surface area contributed by atoms with Gasteiger partial charge in [-0.25, -0.2) is 4.39 Å². The number of nitrogens with one attached hydrogen (secondary N) is 1. The van der Waals surface area contributed by atoms with E-state index >= 15 is 0 Å². The molecular weight excluding hydrogens is 313 g/mol. The zero-order valence-corrected chi connectivity index (χ0v) is 12.0. The lowest BCUT2D eigenvalue weighted by Crippen LogP contribution is -2.08. The van der Waals surface area contributed by atoms with Crippen LogP contribution in [0, 0.1) is 5.82 Å². The number of hydrogen-bond donors (Lipinski definition) is 1. The third-order valence-electron chi connectivity index (χ3n) is 3.51. The molecule has 3 nitrogen and oxygen atoms in total. The van der Waals surface area contributed by atoms with E-state index in [1.165, 1.54) is 12.1 Å². The van der Waals surface area contributed by atoms with Crippen molar-refractivity contribution in [3.05, 3.63) is 33.7 Å². The highest BCUT2D eigenvalue weighted by Crippen LogP contribution is 2.40. The van der Waals surface area contributed by atoms with E-state index in [1.54, 1.807) is 6.92 Å². The van der Waals surface area contributed by atoms with Crippen LogP contribution in [0.5, 0.6) is 0 Å². The summed E-state index contributed by atoms with van der Waals surface area (Å²) in [6.45, 7) is 1.77. The standard InChI is InChI=1S/C14H13BrFNO2/c1-2-12(18)19-11-4-3-8-9-5-7(16)6-10(15)13(9)17-14(8)11/h5-6,11,17H,2-4H2,1H3/t11-/m1/s1. The molecule has 1 aromatic carbocycles. The number of hydrogen-bond acceptors (Lipinski definition) is 2. The van der Waals surface area contributed by atoms with Crippen LogP contribution in [0.2, 0.25) is 0 Å². The second kappa shape index (κ2) is 4.63. The number of aromatic amines is 1. The summed E-state index contributed by atoms with van der Waals surface area (Å²) in [6.07, 6.45) is 1.69. The summed E-state index contributed by atoms with van der Waals surface area (Å²) < 4.78 is 19.6. The van der Waals surface area contributed by atoms with Crippen LogP contribution in [0.15, 0.2) is 16.6 Å². The summed E-state index contributed by atoms with van der Waals surface area (Å²) in [5, 5.41) is 0.872. The Morgan fingerprint density at radius 3 is 3.11 bits per heavy atom. The Kier molecular flexibility index (Phi) is 3.09. The Bertz CT molecular complexity index is 665. The summed E-state index contributed by atoms with van der Waals surface area (Å²) in [7, 11) is 0. The molecule has 0 bridgehead atoms. The maximum atomic E-state index is 13.5. The Labute approximate surface area is 118 Å². The summed E-state index contributed by atoms with van der Waals surface area (Å²) in [5.41, 5.74) is 2.83. The minimum Gasteiger partial charge on any atom is -0.456 e. The summed E-state index contributed by atoms with van der Waals surface area (Å²) >= 11 is 3.35. The van der Waals surface area contributed by atoms with Gasteiger partial charge in [0.1, 0.15) is 11.9 Å². The van der Waals surface area contributed by atoms with Crippen molar-refractivity contribution in [2.24, 2.45) is 0 Å². The van der Waals surface area contributed by atoms with Gasteiger partial charge in [-0.1, -0.05) is 6.92 Å². The molecule has 0 aliphatic heterocycles. The lowest BCUT2D eigenvalue weighted by atomic mass is 10.1. The third kappa shape index (κ3) is 2.06. The molecule has 3 rings (SSSR count). The van der Waals surface area contributed by atoms with Gasteiger partial charge in [0, 0.05) is 16.3 Å². The zero-order valence-electron chi connectivity index (χ0n) is 10.4. The molecule has 0 unspecified atom stereocenters. The van der Waals surface area contributed by atoms with Crippen molar-refractivity contribution < 1.29 is 13.9 Å². The van der Waals surface area contributed by atoms with Gasteiger partial charge in [-0.2, -0.15) is 0 Å². The molecule has 1 aliphatic carbocycles.